The molecule has 2 amide bonds. The number of amides is 2. The Morgan fingerprint density at radius 2 is 1.10 bits per heavy atom. The maximum Gasteiger partial charge on any atom is 0.242 e. The summed E-state index contributed by atoms with van der Waals surface area (Å²) in [7, 11) is 0. The molecule has 20 heavy (non-hydrogen) atoms. The van der Waals surface area contributed by atoms with Gasteiger partial charge in [0.25, 0.3) is 0 Å². The molecule has 116 valence electrons. The highest BCUT2D eigenvalue weighted by molar-refractivity contribution is 5.92. The monoisotopic (exact) mass is 282 g/mol. The van der Waals surface area contributed by atoms with Crippen LogP contribution < -0.4 is 0 Å². The zero-order valence-corrected chi connectivity index (χ0v) is 14.0. The number of hydrogen-bond acceptors (Lipinski definition) is 2. The molecule has 0 aromatic rings. The van der Waals surface area contributed by atoms with Crippen LogP contribution in [0.4, 0.5) is 0 Å². The summed E-state index contributed by atoms with van der Waals surface area (Å²) in [5.74, 6) is 0.163. The largest absolute Gasteiger partial charge is 0.331 e. The third-order valence-corrected chi connectivity index (χ3v) is 4.51. The Bertz CT molecular complexity index is 339. The molecule has 0 N–H and O–H groups in total. The summed E-state index contributed by atoms with van der Waals surface area (Å²) in [5.41, 5.74) is 0.140. The number of hydrogen-bond donors (Lipinski definition) is 0. The maximum absolute atomic E-state index is 12.3. The van der Waals surface area contributed by atoms with Crippen LogP contribution in [-0.2, 0) is 9.59 Å². The van der Waals surface area contributed by atoms with Gasteiger partial charge in [0.05, 0.1) is 13.1 Å². The minimum atomic E-state index is 0.0702. The topological polar surface area (TPSA) is 40.6 Å². The predicted molar refractivity (Wildman–Crippen MR) is 81.3 cm³/mol. The van der Waals surface area contributed by atoms with Gasteiger partial charge in [-0.2, -0.15) is 0 Å². The van der Waals surface area contributed by atoms with E-state index in [2.05, 4.69) is 41.5 Å². The van der Waals surface area contributed by atoms with Gasteiger partial charge in [-0.3, -0.25) is 9.59 Å². The minimum absolute atomic E-state index is 0.0702. The molecular weight excluding hydrogens is 252 g/mol. The molecule has 1 aliphatic rings. The molecule has 0 unspecified atom stereocenters. The lowest BCUT2D eigenvalue weighted by Crippen LogP contribution is -2.57. The van der Waals surface area contributed by atoms with E-state index in [0.717, 1.165) is 12.8 Å². The van der Waals surface area contributed by atoms with E-state index >= 15 is 0 Å². The van der Waals surface area contributed by atoms with E-state index in [9.17, 15) is 9.59 Å². The van der Waals surface area contributed by atoms with Crippen LogP contribution in [0.1, 0.15) is 54.4 Å². The average molecular weight is 282 g/mol. The van der Waals surface area contributed by atoms with E-state index < -0.39 is 0 Å². The van der Waals surface area contributed by atoms with E-state index in [1.807, 2.05) is 0 Å². The maximum atomic E-state index is 12.3. The van der Waals surface area contributed by atoms with Gasteiger partial charge in [0, 0.05) is 13.1 Å². The Labute approximate surface area is 123 Å². The number of nitrogens with zero attached hydrogens (tertiary/aromatic N) is 2. The van der Waals surface area contributed by atoms with Crippen LogP contribution in [0.25, 0.3) is 0 Å². The van der Waals surface area contributed by atoms with Crippen LogP contribution in [0.2, 0.25) is 0 Å². The van der Waals surface area contributed by atoms with Crippen molar-refractivity contribution in [1.82, 2.24) is 9.80 Å². The Kier molecular flexibility index (Phi) is 5.22. The van der Waals surface area contributed by atoms with E-state index in [1.165, 1.54) is 0 Å². The SMILES string of the molecule is CCC(C)(C)CN1CC(=O)N(CC(C)(C)CC)CC1=O. The van der Waals surface area contributed by atoms with Crippen molar-refractivity contribution in [3.63, 3.8) is 0 Å². The van der Waals surface area contributed by atoms with Gasteiger partial charge >= 0.3 is 0 Å². The molecule has 0 spiro atoms. The summed E-state index contributed by atoms with van der Waals surface area (Å²) in [5, 5.41) is 0. The minimum Gasteiger partial charge on any atom is -0.331 e. The van der Waals surface area contributed by atoms with E-state index in [0.29, 0.717) is 13.1 Å². The average Bonchev–Trinajstić information content (AvgIpc) is 2.35. The fourth-order valence-corrected chi connectivity index (χ4v) is 2.25. The van der Waals surface area contributed by atoms with E-state index in [4.69, 9.17) is 0 Å². The second-order valence-corrected chi connectivity index (χ2v) is 7.54. The fraction of sp³-hybridized carbons (Fsp3) is 0.875. The summed E-state index contributed by atoms with van der Waals surface area (Å²) in [4.78, 5) is 27.9. The van der Waals surface area contributed by atoms with Gasteiger partial charge in [-0.25, -0.2) is 0 Å². The fourth-order valence-electron chi connectivity index (χ4n) is 2.25. The Morgan fingerprint density at radius 1 is 0.800 bits per heavy atom. The third-order valence-electron chi connectivity index (χ3n) is 4.51. The molecule has 0 radical (unpaired) electrons. The first-order valence-corrected chi connectivity index (χ1v) is 7.66. The molecule has 0 saturated carbocycles. The molecule has 0 aliphatic carbocycles. The van der Waals surface area contributed by atoms with E-state index in [1.54, 1.807) is 9.80 Å². The highest BCUT2D eigenvalue weighted by Gasteiger charge is 2.34. The van der Waals surface area contributed by atoms with Gasteiger partial charge in [0.15, 0.2) is 0 Å². The van der Waals surface area contributed by atoms with Gasteiger partial charge in [-0.05, 0) is 23.7 Å². The molecule has 4 nitrogen and oxygen atoms in total. The van der Waals surface area contributed by atoms with Crippen LogP contribution in [0.5, 0.6) is 0 Å². The molecule has 0 aromatic carbocycles. The van der Waals surface area contributed by atoms with Crippen molar-refractivity contribution in [2.75, 3.05) is 26.2 Å². The first-order valence-electron chi connectivity index (χ1n) is 7.66. The summed E-state index contributed by atoms with van der Waals surface area (Å²) in [6, 6.07) is 0. The molecular formula is C16H30N2O2. The lowest BCUT2D eigenvalue weighted by molar-refractivity contribution is -0.152. The van der Waals surface area contributed by atoms with Gasteiger partial charge in [-0.15, -0.1) is 0 Å². The summed E-state index contributed by atoms with van der Waals surface area (Å²) < 4.78 is 0. The molecule has 1 saturated heterocycles. The smallest absolute Gasteiger partial charge is 0.242 e. The van der Waals surface area contributed by atoms with Crippen LogP contribution in [0, 0.1) is 10.8 Å². The number of carbonyl (C=O) groups excluding carboxylic acids is 2. The highest BCUT2D eigenvalue weighted by atomic mass is 16.2. The van der Waals surface area contributed by atoms with Gasteiger partial charge in [-0.1, -0.05) is 41.5 Å². The first kappa shape index (κ1) is 17.0. The second-order valence-electron chi connectivity index (χ2n) is 7.54. The predicted octanol–water partition coefficient (Wildman–Crippen LogP) is 2.53. The Balaban J connectivity index is 2.67. The zero-order valence-electron chi connectivity index (χ0n) is 14.0. The molecule has 1 heterocycles. The van der Waals surface area contributed by atoms with E-state index in [-0.39, 0.29) is 35.7 Å². The van der Waals surface area contributed by atoms with Crippen LogP contribution >= 0.6 is 0 Å². The molecule has 1 rings (SSSR count). The molecule has 1 fully saturated rings. The molecule has 4 heteroatoms. The van der Waals surface area contributed by atoms with Crippen molar-refractivity contribution in [3.05, 3.63) is 0 Å². The number of carbonyl (C=O) groups is 2. The molecule has 0 atom stereocenters. The highest BCUT2D eigenvalue weighted by Crippen LogP contribution is 2.25. The molecule has 0 aromatic heterocycles. The van der Waals surface area contributed by atoms with Crippen molar-refractivity contribution in [1.29, 1.82) is 0 Å². The van der Waals surface area contributed by atoms with Crippen molar-refractivity contribution < 1.29 is 9.59 Å². The molecule has 1 aliphatic heterocycles. The first-order chi connectivity index (χ1) is 9.10. The number of rotatable bonds is 6. The quantitative estimate of drug-likeness (QED) is 0.751. The lowest BCUT2D eigenvalue weighted by atomic mass is 9.88. The third kappa shape index (κ3) is 4.50. The lowest BCUT2D eigenvalue weighted by Gasteiger charge is -2.40. The van der Waals surface area contributed by atoms with Crippen molar-refractivity contribution in [2.24, 2.45) is 10.8 Å². The van der Waals surface area contributed by atoms with Crippen molar-refractivity contribution in [3.8, 4) is 0 Å². The normalized spacial score (nSPS) is 17.9. The summed E-state index contributed by atoms with van der Waals surface area (Å²) in [6.45, 7) is 14.6. The van der Waals surface area contributed by atoms with Crippen LogP contribution in [0.15, 0.2) is 0 Å². The summed E-state index contributed by atoms with van der Waals surface area (Å²) >= 11 is 0. The zero-order chi connectivity index (χ0) is 15.6. The van der Waals surface area contributed by atoms with Crippen LogP contribution in [0.3, 0.4) is 0 Å². The Morgan fingerprint density at radius 3 is 1.35 bits per heavy atom. The Hall–Kier alpha value is -1.06. The number of piperazine rings is 1. The van der Waals surface area contributed by atoms with Gasteiger partial charge in [0.1, 0.15) is 0 Å². The standard InChI is InChI=1S/C16H30N2O2/c1-7-15(3,4)11-17-9-14(20)18(10-13(17)19)12-16(5,6)8-2/h7-12H2,1-6H3. The van der Waals surface area contributed by atoms with Crippen molar-refractivity contribution >= 4 is 11.8 Å². The van der Waals surface area contributed by atoms with Crippen LogP contribution in [-0.4, -0.2) is 47.8 Å². The van der Waals surface area contributed by atoms with Crippen molar-refractivity contribution in [2.45, 2.75) is 54.4 Å². The summed E-state index contributed by atoms with van der Waals surface area (Å²) in [6.07, 6.45) is 2.00. The second kappa shape index (κ2) is 6.15. The van der Waals surface area contributed by atoms with Gasteiger partial charge in [0.2, 0.25) is 11.8 Å². The van der Waals surface area contributed by atoms with Gasteiger partial charge < -0.3 is 9.80 Å². The molecule has 0 bridgehead atoms.